The van der Waals surface area contributed by atoms with Crippen molar-refractivity contribution in [2.24, 2.45) is 0 Å². The monoisotopic (exact) mass is 270 g/mol. The number of carbonyl (C=O) groups is 2. The highest BCUT2D eigenvalue weighted by Crippen LogP contribution is 2.04. The van der Waals surface area contributed by atoms with Crippen molar-refractivity contribution in [2.75, 3.05) is 0 Å². The minimum Gasteiger partial charge on any atom is -0.445 e. The molecule has 1 amide bonds. The number of amides is 1. The molecular weight excluding hydrogens is 254 g/mol. The molecule has 0 aromatic heterocycles. The van der Waals surface area contributed by atoms with Crippen LogP contribution in [0.25, 0.3) is 0 Å². The molecule has 0 heterocycles. The summed E-state index contributed by atoms with van der Waals surface area (Å²) in [5, 5.41) is 2.56. The van der Waals surface area contributed by atoms with Crippen molar-refractivity contribution in [1.82, 2.24) is 5.32 Å². The first-order valence-corrected chi connectivity index (χ1v) is 6.19. The molecule has 0 saturated heterocycles. The molecule has 0 atom stereocenters. The van der Waals surface area contributed by atoms with Crippen molar-refractivity contribution in [1.29, 1.82) is 0 Å². The van der Waals surface area contributed by atoms with Gasteiger partial charge in [-0.05, 0) is 17.2 Å². The fourth-order valence-electron chi connectivity index (χ4n) is 1.65. The molecule has 102 valence electrons. The minimum absolute atomic E-state index is 0.121. The number of benzene rings is 2. The first-order valence-electron chi connectivity index (χ1n) is 6.69. The van der Waals surface area contributed by atoms with E-state index in [1.54, 1.807) is 18.2 Å². The van der Waals surface area contributed by atoms with Crippen LogP contribution in [0.15, 0.2) is 54.6 Å². The summed E-state index contributed by atoms with van der Waals surface area (Å²) in [7, 11) is 0. The highest BCUT2D eigenvalue weighted by Gasteiger charge is 2.03. The number of nitrogens with one attached hydrogen (secondary N) is 1. The van der Waals surface area contributed by atoms with Crippen LogP contribution in [-0.2, 0) is 17.9 Å². The molecule has 4 heteroatoms. The highest BCUT2D eigenvalue weighted by molar-refractivity contribution is 5.75. The van der Waals surface area contributed by atoms with Gasteiger partial charge in [-0.3, -0.25) is 4.79 Å². The molecule has 2 aromatic carbocycles. The van der Waals surface area contributed by atoms with E-state index in [-0.39, 0.29) is 19.2 Å². The topological polar surface area (TPSA) is 55.4 Å². The molecule has 2 aromatic rings. The van der Waals surface area contributed by atoms with Gasteiger partial charge in [0, 0.05) is 12.1 Å². The molecule has 0 aliphatic heterocycles. The lowest BCUT2D eigenvalue weighted by Crippen LogP contribution is -2.23. The fourth-order valence-corrected chi connectivity index (χ4v) is 1.65. The van der Waals surface area contributed by atoms with Crippen molar-refractivity contribution in [3.05, 3.63) is 71.3 Å². The third kappa shape index (κ3) is 4.24. The van der Waals surface area contributed by atoms with Crippen LogP contribution >= 0.6 is 0 Å². The SMILES string of the molecule is [2H]c1c(C=O)cccc1CNC(=O)OCc1ccccc1. The third-order valence-corrected chi connectivity index (χ3v) is 2.64. The van der Waals surface area contributed by atoms with E-state index in [1.807, 2.05) is 30.3 Å². The maximum atomic E-state index is 11.6. The van der Waals surface area contributed by atoms with Gasteiger partial charge in [-0.2, -0.15) is 0 Å². The second kappa shape index (κ2) is 7.09. The molecule has 0 aliphatic carbocycles. The second-order valence-corrected chi connectivity index (χ2v) is 4.16. The second-order valence-electron chi connectivity index (χ2n) is 4.16. The maximum absolute atomic E-state index is 11.6. The molecule has 2 rings (SSSR count). The first-order chi connectivity index (χ1) is 10.2. The van der Waals surface area contributed by atoms with E-state index in [9.17, 15) is 9.59 Å². The number of hydrogen-bond donors (Lipinski definition) is 1. The van der Waals surface area contributed by atoms with Crippen molar-refractivity contribution in [3.8, 4) is 0 Å². The van der Waals surface area contributed by atoms with E-state index in [4.69, 9.17) is 6.11 Å². The van der Waals surface area contributed by atoms with E-state index in [2.05, 4.69) is 5.32 Å². The maximum Gasteiger partial charge on any atom is 0.407 e. The van der Waals surface area contributed by atoms with Crippen LogP contribution in [0, 0.1) is 0 Å². The summed E-state index contributed by atoms with van der Waals surface area (Å²) in [6.45, 7) is 0.336. The quantitative estimate of drug-likeness (QED) is 0.850. The summed E-state index contributed by atoms with van der Waals surface area (Å²) in [4.78, 5) is 22.3. The van der Waals surface area contributed by atoms with Crippen LogP contribution in [0.2, 0.25) is 0 Å². The van der Waals surface area contributed by atoms with E-state index in [1.165, 1.54) is 0 Å². The van der Waals surface area contributed by atoms with E-state index in [0.29, 0.717) is 17.4 Å². The average molecular weight is 270 g/mol. The van der Waals surface area contributed by atoms with Crippen LogP contribution in [-0.4, -0.2) is 12.4 Å². The Labute approximate surface area is 118 Å². The van der Waals surface area contributed by atoms with Crippen molar-refractivity contribution in [2.45, 2.75) is 13.2 Å². The Morgan fingerprint density at radius 1 is 1.15 bits per heavy atom. The van der Waals surface area contributed by atoms with Crippen LogP contribution in [0.5, 0.6) is 0 Å². The van der Waals surface area contributed by atoms with Gasteiger partial charge in [0.25, 0.3) is 0 Å². The molecular formula is C16H15NO3. The number of ether oxygens (including phenoxy) is 1. The lowest BCUT2D eigenvalue weighted by Gasteiger charge is -2.07. The lowest BCUT2D eigenvalue weighted by molar-refractivity contribution is 0.112. The molecule has 0 bridgehead atoms. The van der Waals surface area contributed by atoms with Crippen molar-refractivity contribution >= 4 is 12.4 Å². The molecule has 1 N–H and O–H groups in total. The molecule has 0 unspecified atom stereocenters. The Hall–Kier alpha value is -2.62. The Balaban J connectivity index is 1.85. The van der Waals surface area contributed by atoms with Crippen molar-refractivity contribution < 1.29 is 15.7 Å². The molecule has 0 saturated carbocycles. The zero-order chi connectivity index (χ0) is 15.1. The van der Waals surface area contributed by atoms with Gasteiger partial charge in [0.15, 0.2) is 0 Å². The van der Waals surface area contributed by atoms with Gasteiger partial charge in [-0.1, -0.05) is 48.5 Å². The van der Waals surface area contributed by atoms with Crippen molar-refractivity contribution in [3.63, 3.8) is 0 Å². The number of hydrogen-bond acceptors (Lipinski definition) is 3. The average Bonchev–Trinajstić information content (AvgIpc) is 2.53. The molecule has 0 spiro atoms. The fraction of sp³-hybridized carbons (Fsp3) is 0.125. The molecule has 0 fully saturated rings. The molecule has 20 heavy (non-hydrogen) atoms. The van der Waals surface area contributed by atoms with Gasteiger partial charge in [-0.25, -0.2) is 4.79 Å². The number of alkyl carbamates (subject to hydrolysis) is 1. The normalized spacial score (nSPS) is 10.5. The van der Waals surface area contributed by atoms with E-state index >= 15 is 0 Å². The Kier molecular flexibility index (Phi) is 4.40. The van der Waals surface area contributed by atoms with Crippen LogP contribution < -0.4 is 5.32 Å². The molecule has 4 nitrogen and oxygen atoms in total. The number of aldehydes is 1. The number of carbonyl (C=O) groups excluding carboxylic acids is 2. The summed E-state index contributed by atoms with van der Waals surface area (Å²) in [5.41, 5.74) is 1.76. The largest absolute Gasteiger partial charge is 0.445 e. The van der Waals surface area contributed by atoms with E-state index < -0.39 is 6.09 Å². The Morgan fingerprint density at radius 2 is 1.90 bits per heavy atom. The molecule has 0 radical (unpaired) electrons. The third-order valence-electron chi connectivity index (χ3n) is 2.64. The van der Waals surface area contributed by atoms with Gasteiger partial charge < -0.3 is 10.1 Å². The lowest BCUT2D eigenvalue weighted by atomic mass is 10.1. The summed E-state index contributed by atoms with van der Waals surface area (Å²) in [6.07, 6.45) is 0.0642. The predicted molar refractivity (Wildman–Crippen MR) is 75.3 cm³/mol. The smallest absolute Gasteiger partial charge is 0.407 e. The van der Waals surface area contributed by atoms with Crippen LogP contribution in [0.1, 0.15) is 22.9 Å². The van der Waals surface area contributed by atoms with Gasteiger partial charge in [0.05, 0.1) is 1.37 Å². The van der Waals surface area contributed by atoms with Gasteiger partial charge in [0.1, 0.15) is 12.9 Å². The first kappa shape index (κ1) is 12.4. The van der Waals surface area contributed by atoms with Crippen LogP contribution in [0.4, 0.5) is 4.79 Å². The summed E-state index contributed by atoms with van der Waals surface area (Å²) < 4.78 is 12.9. The standard InChI is InChI=1S/C16H15NO3/c18-11-15-8-4-7-14(9-15)10-17-16(19)20-12-13-5-2-1-3-6-13/h1-9,11H,10,12H2,(H,17,19)/i9D. The van der Waals surface area contributed by atoms with Crippen LogP contribution in [0.3, 0.4) is 0 Å². The predicted octanol–water partition coefficient (Wildman–Crippen LogP) is 2.93. The van der Waals surface area contributed by atoms with Gasteiger partial charge >= 0.3 is 6.09 Å². The van der Waals surface area contributed by atoms with E-state index in [0.717, 1.165) is 5.56 Å². The summed E-state index contributed by atoms with van der Waals surface area (Å²) >= 11 is 0. The zero-order valence-electron chi connectivity index (χ0n) is 11.8. The molecule has 0 aliphatic rings. The highest BCUT2D eigenvalue weighted by atomic mass is 16.5. The Morgan fingerprint density at radius 3 is 2.65 bits per heavy atom. The minimum atomic E-state index is -0.560. The summed E-state index contributed by atoms with van der Waals surface area (Å²) in [5.74, 6) is 0. The Bertz CT molecular complexity index is 629. The summed E-state index contributed by atoms with van der Waals surface area (Å²) in [6, 6.07) is 14.4. The zero-order valence-corrected chi connectivity index (χ0v) is 10.8. The van der Waals surface area contributed by atoms with Gasteiger partial charge in [0.2, 0.25) is 0 Å². The van der Waals surface area contributed by atoms with Gasteiger partial charge in [-0.15, -0.1) is 0 Å². The number of rotatable bonds is 5.